The maximum Gasteiger partial charge on any atom is 0.0595 e. The summed E-state index contributed by atoms with van der Waals surface area (Å²) in [5, 5.41) is 4.92. The van der Waals surface area contributed by atoms with Crippen LogP contribution in [-0.2, 0) is 6.54 Å². The minimum Gasteiger partial charge on any atom is -0.312 e. The fraction of sp³-hybridized carbons (Fsp3) is 0.571. The van der Waals surface area contributed by atoms with Crippen LogP contribution < -0.4 is 5.32 Å². The first-order valence-electron chi connectivity index (χ1n) is 6.62. The van der Waals surface area contributed by atoms with Crippen LogP contribution in [0.5, 0.6) is 0 Å². The van der Waals surface area contributed by atoms with E-state index in [1.165, 1.54) is 31.5 Å². The zero-order valence-electron chi connectivity index (χ0n) is 10.3. The molecule has 0 unspecified atom stereocenters. The lowest BCUT2D eigenvalue weighted by molar-refractivity contribution is 0.312. The van der Waals surface area contributed by atoms with Gasteiger partial charge in [-0.25, -0.2) is 0 Å². The van der Waals surface area contributed by atoms with Crippen molar-refractivity contribution in [2.24, 2.45) is 5.92 Å². The molecule has 4 heteroatoms. The quantitative estimate of drug-likeness (QED) is 0.898. The van der Waals surface area contributed by atoms with E-state index in [2.05, 4.69) is 16.3 Å². The van der Waals surface area contributed by atoms with Crippen molar-refractivity contribution < 1.29 is 0 Å². The van der Waals surface area contributed by atoms with Crippen molar-refractivity contribution in [2.45, 2.75) is 25.4 Å². The normalized spacial score (nSPS) is 28.3. The highest BCUT2D eigenvalue weighted by molar-refractivity contribution is 6.42. The predicted octanol–water partition coefficient (Wildman–Crippen LogP) is 3.18. The third-order valence-corrected chi connectivity index (χ3v) is 4.80. The molecule has 0 aromatic heterocycles. The number of hydrogen-bond acceptors (Lipinski definition) is 2. The standard InChI is InChI=1S/C14H18Cl2N2/c15-12-4-3-10(6-13(12)16)7-18-8-11-2-1-5-17-14(11)9-18/h3-4,6,11,14,17H,1-2,5,7-9H2/t11-,14+/m0/s1. The van der Waals surface area contributed by atoms with Gasteiger partial charge < -0.3 is 5.32 Å². The molecule has 0 saturated carbocycles. The van der Waals surface area contributed by atoms with Crippen molar-refractivity contribution in [1.29, 1.82) is 0 Å². The van der Waals surface area contributed by atoms with E-state index in [1.54, 1.807) is 0 Å². The Hall–Kier alpha value is -0.280. The fourth-order valence-electron chi connectivity index (χ4n) is 3.16. The second-order valence-corrected chi connectivity index (χ2v) is 6.22. The Morgan fingerprint density at radius 2 is 2.11 bits per heavy atom. The third kappa shape index (κ3) is 2.67. The highest BCUT2D eigenvalue weighted by Crippen LogP contribution is 2.28. The fourth-order valence-corrected chi connectivity index (χ4v) is 3.48. The van der Waals surface area contributed by atoms with E-state index in [9.17, 15) is 0 Å². The lowest BCUT2D eigenvalue weighted by Gasteiger charge is -2.24. The van der Waals surface area contributed by atoms with E-state index in [4.69, 9.17) is 23.2 Å². The van der Waals surface area contributed by atoms with E-state index < -0.39 is 0 Å². The topological polar surface area (TPSA) is 15.3 Å². The summed E-state index contributed by atoms with van der Waals surface area (Å²) in [5.74, 6) is 0.835. The monoisotopic (exact) mass is 284 g/mol. The Balaban J connectivity index is 1.64. The van der Waals surface area contributed by atoms with Crippen LogP contribution in [0.15, 0.2) is 18.2 Å². The Labute approximate surface area is 118 Å². The molecule has 0 aliphatic carbocycles. The van der Waals surface area contributed by atoms with E-state index in [1.807, 2.05) is 12.1 Å². The third-order valence-electron chi connectivity index (χ3n) is 4.07. The molecule has 98 valence electrons. The molecule has 1 aromatic carbocycles. The summed E-state index contributed by atoms with van der Waals surface area (Å²) in [6.07, 6.45) is 2.69. The second kappa shape index (κ2) is 5.38. The van der Waals surface area contributed by atoms with Gasteiger partial charge in [-0.3, -0.25) is 4.90 Å². The largest absolute Gasteiger partial charge is 0.312 e. The number of piperidine rings is 1. The summed E-state index contributed by atoms with van der Waals surface area (Å²) in [5.41, 5.74) is 1.25. The van der Waals surface area contributed by atoms with Crippen LogP contribution in [0.1, 0.15) is 18.4 Å². The molecule has 1 N–H and O–H groups in total. The maximum absolute atomic E-state index is 6.06. The van der Waals surface area contributed by atoms with Gasteiger partial charge in [0.05, 0.1) is 10.0 Å². The SMILES string of the molecule is Clc1ccc(CN2C[C@@H]3CCCN[C@@H]3C2)cc1Cl. The Morgan fingerprint density at radius 1 is 1.22 bits per heavy atom. The van der Waals surface area contributed by atoms with E-state index in [-0.39, 0.29) is 0 Å². The number of nitrogens with zero attached hydrogens (tertiary/aromatic N) is 1. The molecule has 2 fully saturated rings. The minimum atomic E-state index is 0.636. The van der Waals surface area contributed by atoms with Gasteiger partial charge >= 0.3 is 0 Å². The molecular formula is C14H18Cl2N2. The van der Waals surface area contributed by atoms with Crippen LogP contribution in [0, 0.1) is 5.92 Å². The van der Waals surface area contributed by atoms with Gasteiger partial charge in [-0.1, -0.05) is 29.3 Å². The molecule has 2 heterocycles. The molecule has 3 rings (SSSR count). The summed E-state index contributed by atoms with van der Waals surface area (Å²) < 4.78 is 0. The van der Waals surface area contributed by atoms with Crippen molar-refractivity contribution in [3.05, 3.63) is 33.8 Å². The van der Waals surface area contributed by atoms with Crippen LogP contribution in [0.2, 0.25) is 10.0 Å². The highest BCUT2D eigenvalue weighted by Gasteiger charge is 2.33. The van der Waals surface area contributed by atoms with Gasteiger partial charge in [-0.2, -0.15) is 0 Å². The number of benzene rings is 1. The Morgan fingerprint density at radius 3 is 2.89 bits per heavy atom. The lowest BCUT2D eigenvalue weighted by atomic mass is 9.94. The zero-order valence-corrected chi connectivity index (χ0v) is 11.8. The number of halogens is 2. The van der Waals surface area contributed by atoms with Gasteiger partial charge in [-0.05, 0) is 43.0 Å². The van der Waals surface area contributed by atoms with Crippen LogP contribution in [0.25, 0.3) is 0 Å². The van der Waals surface area contributed by atoms with E-state index in [0.29, 0.717) is 16.1 Å². The average Bonchev–Trinajstić information content (AvgIpc) is 2.76. The predicted molar refractivity (Wildman–Crippen MR) is 76.3 cm³/mol. The van der Waals surface area contributed by atoms with Crippen molar-refractivity contribution in [1.82, 2.24) is 10.2 Å². The number of nitrogens with one attached hydrogen (secondary N) is 1. The lowest BCUT2D eigenvalue weighted by Crippen LogP contribution is -2.40. The van der Waals surface area contributed by atoms with Crippen LogP contribution in [0.4, 0.5) is 0 Å². The van der Waals surface area contributed by atoms with Crippen molar-refractivity contribution >= 4 is 23.2 Å². The Bertz CT molecular complexity index is 422. The molecule has 0 amide bonds. The smallest absolute Gasteiger partial charge is 0.0595 e. The van der Waals surface area contributed by atoms with Gasteiger partial charge in [0.25, 0.3) is 0 Å². The molecule has 2 saturated heterocycles. The Kier molecular flexibility index (Phi) is 3.81. The maximum atomic E-state index is 6.06. The summed E-state index contributed by atoms with van der Waals surface area (Å²) in [4.78, 5) is 2.52. The summed E-state index contributed by atoms with van der Waals surface area (Å²) >= 11 is 12.0. The van der Waals surface area contributed by atoms with Crippen molar-refractivity contribution in [3.63, 3.8) is 0 Å². The number of hydrogen-bond donors (Lipinski definition) is 1. The minimum absolute atomic E-state index is 0.636. The first-order valence-corrected chi connectivity index (χ1v) is 7.37. The zero-order chi connectivity index (χ0) is 12.5. The van der Waals surface area contributed by atoms with Crippen LogP contribution >= 0.6 is 23.2 Å². The summed E-state index contributed by atoms with van der Waals surface area (Å²) in [7, 11) is 0. The van der Waals surface area contributed by atoms with Gasteiger partial charge in [0.1, 0.15) is 0 Å². The van der Waals surface area contributed by atoms with Gasteiger partial charge in [0.2, 0.25) is 0 Å². The number of likely N-dealkylation sites (tertiary alicyclic amines) is 1. The van der Waals surface area contributed by atoms with E-state index in [0.717, 1.165) is 19.0 Å². The van der Waals surface area contributed by atoms with Crippen LogP contribution in [-0.4, -0.2) is 30.6 Å². The van der Waals surface area contributed by atoms with Gasteiger partial charge in [0.15, 0.2) is 0 Å². The molecule has 1 aromatic rings. The molecule has 0 bridgehead atoms. The van der Waals surface area contributed by atoms with Crippen LogP contribution in [0.3, 0.4) is 0 Å². The van der Waals surface area contributed by atoms with E-state index >= 15 is 0 Å². The van der Waals surface area contributed by atoms with Crippen molar-refractivity contribution in [3.8, 4) is 0 Å². The number of fused-ring (bicyclic) bond motifs is 1. The molecule has 2 aliphatic heterocycles. The molecule has 0 spiro atoms. The molecule has 2 nitrogen and oxygen atoms in total. The summed E-state index contributed by atoms with van der Waals surface area (Å²) in [6.45, 7) is 4.52. The molecule has 2 aliphatic rings. The molecular weight excluding hydrogens is 267 g/mol. The summed E-state index contributed by atoms with van der Waals surface area (Å²) in [6, 6.07) is 6.64. The van der Waals surface area contributed by atoms with Gasteiger partial charge in [0, 0.05) is 25.7 Å². The second-order valence-electron chi connectivity index (χ2n) is 5.41. The molecule has 0 radical (unpaired) electrons. The first-order chi connectivity index (χ1) is 8.72. The van der Waals surface area contributed by atoms with Crippen molar-refractivity contribution in [2.75, 3.05) is 19.6 Å². The average molecular weight is 285 g/mol. The first kappa shape index (κ1) is 12.7. The molecule has 18 heavy (non-hydrogen) atoms. The number of rotatable bonds is 2. The molecule has 2 atom stereocenters. The highest BCUT2D eigenvalue weighted by atomic mass is 35.5. The van der Waals surface area contributed by atoms with Gasteiger partial charge in [-0.15, -0.1) is 0 Å².